The number of hydrogen-bond donors (Lipinski definition) is 1. The average molecular weight is 332 g/mol. The first-order valence-corrected chi connectivity index (χ1v) is 8.43. The van der Waals surface area contributed by atoms with E-state index in [9.17, 15) is 0 Å². The van der Waals surface area contributed by atoms with Crippen LogP contribution in [0.25, 0.3) is 0 Å². The van der Waals surface area contributed by atoms with Crippen LogP contribution in [0.3, 0.4) is 0 Å². The molecule has 0 amide bonds. The van der Waals surface area contributed by atoms with Crippen molar-refractivity contribution in [3.63, 3.8) is 0 Å². The van der Waals surface area contributed by atoms with E-state index in [2.05, 4.69) is 23.1 Å². The second kappa shape index (κ2) is 7.82. The Morgan fingerprint density at radius 2 is 2.04 bits per heavy atom. The van der Waals surface area contributed by atoms with Crippen molar-refractivity contribution in [2.24, 2.45) is 0 Å². The molecule has 0 radical (unpaired) electrons. The van der Waals surface area contributed by atoms with E-state index < -0.39 is 0 Å². The minimum absolute atomic E-state index is 0.0366. The number of likely N-dealkylation sites (tertiary alicyclic amines) is 1. The fourth-order valence-electron chi connectivity index (χ4n) is 3.18. The molecule has 1 fully saturated rings. The van der Waals surface area contributed by atoms with Gasteiger partial charge in [-0.3, -0.25) is 4.90 Å². The summed E-state index contributed by atoms with van der Waals surface area (Å²) in [4.78, 5) is 2.45. The number of nitrogens with zero attached hydrogens (tertiary/aromatic N) is 1. The highest BCUT2D eigenvalue weighted by atomic mass is 35.5. The van der Waals surface area contributed by atoms with Crippen LogP contribution in [0.1, 0.15) is 23.5 Å². The Kier molecular flexibility index (Phi) is 5.55. The zero-order chi connectivity index (χ0) is 16.1. The molecular weight excluding hydrogens is 310 g/mol. The van der Waals surface area contributed by atoms with Gasteiger partial charge in [-0.15, -0.1) is 0 Å². The molecule has 1 aliphatic heterocycles. The predicted molar refractivity (Wildman–Crippen MR) is 93.1 cm³/mol. The Hall–Kier alpha value is -1.55. The van der Waals surface area contributed by atoms with Gasteiger partial charge in [0.25, 0.3) is 0 Å². The Bertz CT molecular complexity index is 647. The van der Waals surface area contributed by atoms with Crippen LogP contribution < -0.4 is 4.74 Å². The van der Waals surface area contributed by atoms with Crippen LogP contribution >= 0.6 is 11.6 Å². The number of halogens is 1. The van der Waals surface area contributed by atoms with Crippen molar-refractivity contribution in [3.8, 4) is 5.75 Å². The third-order valence-electron chi connectivity index (χ3n) is 4.31. The summed E-state index contributed by atoms with van der Waals surface area (Å²) in [5.41, 5.74) is 2.50. The molecule has 3 nitrogen and oxygen atoms in total. The number of aliphatic hydroxyl groups excluding tert-OH is 1. The summed E-state index contributed by atoms with van der Waals surface area (Å²) in [6.07, 6.45) is 1.15. The predicted octanol–water partition coefficient (Wildman–Crippen LogP) is 3.70. The highest BCUT2D eigenvalue weighted by Crippen LogP contribution is 2.30. The third-order valence-corrected chi connectivity index (χ3v) is 4.54. The molecule has 0 unspecified atom stereocenters. The van der Waals surface area contributed by atoms with Crippen molar-refractivity contribution in [1.82, 2.24) is 4.90 Å². The summed E-state index contributed by atoms with van der Waals surface area (Å²) in [5, 5.41) is 9.75. The smallest absolute Gasteiger partial charge is 0.123 e. The molecule has 0 bridgehead atoms. The van der Waals surface area contributed by atoms with E-state index in [4.69, 9.17) is 21.4 Å². The van der Waals surface area contributed by atoms with E-state index >= 15 is 0 Å². The van der Waals surface area contributed by atoms with Gasteiger partial charge in [-0.1, -0.05) is 41.9 Å². The molecule has 122 valence electrons. The largest absolute Gasteiger partial charge is 0.491 e. The summed E-state index contributed by atoms with van der Waals surface area (Å²) in [6, 6.07) is 16.3. The zero-order valence-electron chi connectivity index (χ0n) is 13.1. The standard InChI is InChI=1S/C19H22ClNO2/c20-18-6-3-5-15(12-18)16-8-9-21(13-16)14-17-4-1-2-7-19(17)23-11-10-22/h1-7,12,16,22H,8-11,13-14H2/t16-/m1/s1. The van der Waals surface area contributed by atoms with Crippen LogP contribution in [0.5, 0.6) is 5.75 Å². The quantitative estimate of drug-likeness (QED) is 0.876. The van der Waals surface area contributed by atoms with Gasteiger partial charge in [0.2, 0.25) is 0 Å². The van der Waals surface area contributed by atoms with Gasteiger partial charge in [0.15, 0.2) is 0 Å². The van der Waals surface area contributed by atoms with Gasteiger partial charge in [-0.25, -0.2) is 0 Å². The van der Waals surface area contributed by atoms with E-state index in [1.54, 1.807) is 0 Å². The molecule has 2 aromatic carbocycles. The molecule has 1 N–H and O–H groups in total. The van der Waals surface area contributed by atoms with Gasteiger partial charge < -0.3 is 9.84 Å². The van der Waals surface area contributed by atoms with Gasteiger partial charge in [-0.2, -0.15) is 0 Å². The molecular formula is C19H22ClNO2. The SMILES string of the molecule is OCCOc1ccccc1CN1CC[C@@H](c2cccc(Cl)c2)C1. The van der Waals surface area contributed by atoms with Crippen molar-refractivity contribution in [3.05, 3.63) is 64.7 Å². The highest BCUT2D eigenvalue weighted by Gasteiger charge is 2.24. The van der Waals surface area contributed by atoms with Crippen LogP contribution in [-0.2, 0) is 6.54 Å². The molecule has 1 heterocycles. The Morgan fingerprint density at radius 1 is 1.17 bits per heavy atom. The number of ether oxygens (including phenoxy) is 1. The minimum atomic E-state index is 0.0366. The molecule has 1 saturated heterocycles. The monoisotopic (exact) mass is 331 g/mol. The van der Waals surface area contributed by atoms with Crippen molar-refractivity contribution in [1.29, 1.82) is 0 Å². The fraction of sp³-hybridized carbons (Fsp3) is 0.368. The van der Waals surface area contributed by atoms with Crippen molar-refractivity contribution >= 4 is 11.6 Å². The third kappa shape index (κ3) is 4.25. The van der Waals surface area contributed by atoms with Crippen LogP contribution in [0, 0.1) is 0 Å². The van der Waals surface area contributed by atoms with E-state index in [0.29, 0.717) is 12.5 Å². The van der Waals surface area contributed by atoms with Gasteiger partial charge in [0, 0.05) is 23.7 Å². The number of rotatable bonds is 6. The van der Waals surface area contributed by atoms with Crippen molar-refractivity contribution in [2.75, 3.05) is 26.3 Å². The van der Waals surface area contributed by atoms with Gasteiger partial charge >= 0.3 is 0 Å². The maximum atomic E-state index is 8.94. The zero-order valence-corrected chi connectivity index (χ0v) is 13.9. The lowest BCUT2D eigenvalue weighted by molar-refractivity contribution is 0.198. The number of para-hydroxylation sites is 1. The maximum absolute atomic E-state index is 8.94. The highest BCUT2D eigenvalue weighted by molar-refractivity contribution is 6.30. The van der Waals surface area contributed by atoms with Crippen LogP contribution in [0.4, 0.5) is 0 Å². The van der Waals surface area contributed by atoms with E-state index in [1.165, 1.54) is 11.1 Å². The minimum Gasteiger partial charge on any atom is -0.491 e. The summed E-state index contributed by atoms with van der Waals surface area (Å²) < 4.78 is 5.63. The van der Waals surface area contributed by atoms with Crippen LogP contribution in [0.2, 0.25) is 5.02 Å². The Morgan fingerprint density at radius 3 is 2.87 bits per heavy atom. The molecule has 0 aliphatic carbocycles. The topological polar surface area (TPSA) is 32.7 Å². The molecule has 2 aromatic rings. The van der Waals surface area contributed by atoms with E-state index in [0.717, 1.165) is 36.8 Å². The molecule has 1 atom stereocenters. The van der Waals surface area contributed by atoms with Crippen LogP contribution in [0.15, 0.2) is 48.5 Å². The second-order valence-corrected chi connectivity index (χ2v) is 6.39. The summed E-state index contributed by atoms with van der Waals surface area (Å²) in [7, 11) is 0. The lowest BCUT2D eigenvalue weighted by Gasteiger charge is -2.18. The number of hydrogen-bond acceptors (Lipinski definition) is 3. The van der Waals surface area contributed by atoms with Crippen molar-refractivity contribution in [2.45, 2.75) is 18.9 Å². The fourth-order valence-corrected chi connectivity index (χ4v) is 3.38. The first-order chi connectivity index (χ1) is 11.3. The van der Waals surface area contributed by atoms with Crippen molar-refractivity contribution < 1.29 is 9.84 Å². The van der Waals surface area contributed by atoms with Gasteiger partial charge in [0.05, 0.1) is 6.61 Å². The second-order valence-electron chi connectivity index (χ2n) is 5.96. The molecule has 0 spiro atoms. The first kappa shape index (κ1) is 16.3. The molecule has 0 aromatic heterocycles. The summed E-state index contributed by atoms with van der Waals surface area (Å²) in [5.74, 6) is 1.41. The molecule has 0 saturated carbocycles. The average Bonchev–Trinajstić information content (AvgIpc) is 3.03. The molecule has 1 aliphatic rings. The summed E-state index contributed by atoms with van der Waals surface area (Å²) >= 11 is 6.11. The first-order valence-electron chi connectivity index (χ1n) is 8.05. The number of aliphatic hydroxyl groups is 1. The lowest BCUT2D eigenvalue weighted by Crippen LogP contribution is -2.20. The normalized spacial score (nSPS) is 18.3. The molecule has 23 heavy (non-hydrogen) atoms. The van der Waals surface area contributed by atoms with E-state index in [1.807, 2.05) is 30.3 Å². The molecule has 3 rings (SSSR count). The van der Waals surface area contributed by atoms with E-state index in [-0.39, 0.29) is 6.61 Å². The van der Waals surface area contributed by atoms with Gasteiger partial charge in [-0.05, 0) is 42.6 Å². The number of benzene rings is 2. The summed E-state index contributed by atoms with van der Waals surface area (Å²) in [6.45, 7) is 3.36. The molecule has 4 heteroatoms. The lowest BCUT2D eigenvalue weighted by atomic mass is 9.99. The Balaban J connectivity index is 1.64. The Labute approximate surface area is 142 Å². The van der Waals surface area contributed by atoms with Crippen LogP contribution in [-0.4, -0.2) is 36.3 Å². The maximum Gasteiger partial charge on any atom is 0.123 e. The van der Waals surface area contributed by atoms with Gasteiger partial charge in [0.1, 0.15) is 12.4 Å².